The third-order valence-electron chi connectivity index (χ3n) is 2.13. The number of alkyl halides is 2. The van der Waals surface area contributed by atoms with Gasteiger partial charge in [0.05, 0.1) is 6.10 Å². The molecule has 1 nitrogen and oxygen atoms in total. The van der Waals surface area contributed by atoms with Gasteiger partial charge in [-0.25, -0.2) is 8.78 Å². The summed E-state index contributed by atoms with van der Waals surface area (Å²) < 4.78 is 29.7. The highest BCUT2D eigenvalue weighted by atomic mass is 32.1. The van der Waals surface area contributed by atoms with E-state index in [1.165, 1.54) is 7.11 Å². The molecule has 0 aromatic heterocycles. The summed E-state index contributed by atoms with van der Waals surface area (Å²) in [5, 5.41) is 0. The van der Waals surface area contributed by atoms with Crippen LogP contribution >= 0.6 is 12.6 Å². The highest BCUT2D eigenvalue weighted by Gasteiger charge is 2.48. The van der Waals surface area contributed by atoms with Gasteiger partial charge in [0.15, 0.2) is 0 Å². The lowest BCUT2D eigenvalue weighted by atomic mass is 9.78. The molecule has 4 heteroatoms. The van der Waals surface area contributed by atoms with Gasteiger partial charge in [0.25, 0.3) is 0 Å². The SMILES string of the molecule is COC(CS)C1CC(F)(F)C1. The van der Waals surface area contributed by atoms with Crippen molar-refractivity contribution in [1.82, 2.24) is 0 Å². The van der Waals surface area contributed by atoms with Gasteiger partial charge in [0.2, 0.25) is 5.92 Å². The molecule has 0 bridgehead atoms. The summed E-state index contributed by atoms with van der Waals surface area (Å²) in [6.07, 6.45) is -0.170. The molecule has 0 aliphatic heterocycles. The Labute approximate surface area is 70.5 Å². The maximum absolute atomic E-state index is 12.3. The van der Waals surface area contributed by atoms with E-state index in [9.17, 15) is 8.78 Å². The van der Waals surface area contributed by atoms with Crippen molar-refractivity contribution in [3.05, 3.63) is 0 Å². The molecule has 1 saturated carbocycles. The molecule has 66 valence electrons. The first-order valence-electron chi connectivity index (χ1n) is 3.60. The summed E-state index contributed by atoms with van der Waals surface area (Å²) in [6.45, 7) is 0. The number of methoxy groups -OCH3 is 1. The van der Waals surface area contributed by atoms with Crippen molar-refractivity contribution < 1.29 is 13.5 Å². The van der Waals surface area contributed by atoms with E-state index >= 15 is 0 Å². The first-order valence-corrected chi connectivity index (χ1v) is 4.24. The largest absolute Gasteiger partial charge is 0.380 e. The van der Waals surface area contributed by atoms with Gasteiger partial charge in [-0.3, -0.25) is 0 Å². The van der Waals surface area contributed by atoms with E-state index in [2.05, 4.69) is 12.6 Å². The van der Waals surface area contributed by atoms with Gasteiger partial charge in [-0.1, -0.05) is 0 Å². The average Bonchev–Trinajstić information content (AvgIpc) is 1.86. The molecule has 11 heavy (non-hydrogen) atoms. The second kappa shape index (κ2) is 3.27. The number of hydrogen-bond acceptors (Lipinski definition) is 2. The fraction of sp³-hybridized carbons (Fsp3) is 1.00. The summed E-state index contributed by atoms with van der Waals surface area (Å²) in [7, 11) is 1.54. The first-order chi connectivity index (χ1) is 5.09. The van der Waals surface area contributed by atoms with Crippen molar-refractivity contribution >= 4 is 12.6 Å². The molecule has 1 unspecified atom stereocenters. The zero-order valence-electron chi connectivity index (χ0n) is 6.39. The van der Waals surface area contributed by atoms with E-state index in [0.717, 1.165) is 0 Å². The van der Waals surface area contributed by atoms with Crippen LogP contribution in [0.3, 0.4) is 0 Å². The topological polar surface area (TPSA) is 9.23 Å². The molecule has 0 heterocycles. The summed E-state index contributed by atoms with van der Waals surface area (Å²) >= 11 is 4.01. The van der Waals surface area contributed by atoms with Crippen LogP contribution in [0.1, 0.15) is 12.8 Å². The molecule has 1 fully saturated rings. The maximum Gasteiger partial charge on any atom is 0.248 e. The predicted octanol–water partition coefficient (Wildman–Crippen LogP) is 1.98. The normalized spacial score (nSPS) is 26.2. The van der Waals surface area contributed by atoms with Gasteiger partial charge in [-0.2, -0.15) is 12.6 Å². The van der Waals surface area contributed by atoms with Crippen LogP contribution in [0.25, 0.3) is 0 Å². The summed E-state index contributed by atoms with van der Waals surface area (Å²) in [5.41, 5.74) is 0. The van der Waals surface area contributed by atoms with Crippen molar-refractivity contribution in [2.45, 2.75) is 24.9 Å². The lowest BCUT2D eigenvalue weighted by Crippen LogP contribution is -2.43. The van der Waals surface area contributed by atoms with Gasteiger partial charge < -0.3 is 4.74 Å². The molecule has 1 aliphatic rings. The fourth-order valence-electron chi connectivity index (χ4n) is 1.39. The first kappa shape index (κ1) is 9.26. The number of rotatable bonds is 3. The Morgan fingerprint density at radius 3 is 2.45 bits per heavy atom. The van der Waals surface area contributed by atoms with E-state index in [0.29, 0.717) is 5.75 Å². The van der Waals surface area contributed by atoms with Gasteiger partial charge >= 0.3 is 0 Å². The Hall–Kier alpha value is 0.170. The standard InChI is InChI=1S/C7H12F2OS/c1-10-6(4-11)5-2-7(8,9)3-5/h5-6,11H,2-4H2,1H3. The molecule has 0 radical (unpaired) electrons. The van der Waals surface area contributed by atoms with Crippen molar-refractivity contribution in [3.63, 3.8) is 0 Å². The number of halogens is 2. The lowest BCUT2D eigenvalue weighted by Gasteiger charge is -2.38. The zero-order valence-corrected chi connectivity index (χ0v) is 7.28. The minimum atomic E-state index is -2.44. The molecule has 0 spiro atoms. The molecule has 0 amide bonds. The molecule has 0 N–H and O–H groups in total. The second-order valence-corrected chi connectivity index (χ2v) is 3.35. The van der Waals surface area contributed by atoms with Crippen molar-refractivity contribution in [3.8, 4) is 0 Å². The van der Waals surface area contributed by atoms with E-state index in [1.54, 1.807) is 0 Å². The number of hydrogen-bond donors (Lipinski definition) is 1. The minimum absolute atomic E-state index is 0.00694. The van der Waals surface area contributed by atoms with Crippen molar-refractivity contribution in [2.24, 2.45) is 5.92 Å². The molecule has 0 aromatic carbocycles. The summed E-state index contributed by atoms with van der Waals surface area (Å²) in [5.74, 6) is -1.91. The van der Waals surface area contributed by atoms with Gasteiger partial charge in [-0.15, -0.1) is 0 Å². The van der Waals surface area contributed by atoms with Crippen LogP contribution in [0.2, 0.25) is 0 Å². The molecular formula is C7H12F2OS. The van der Waals surface area contributed by atoms with Crippen molar-refractivity contribution in [1.29, 1.82) is 0 Å². The zero-order chi connectivity index (χ0) is 8.48. The van der Waals surface area contributed by atoms with E-state index < -0.39 is 5.92 Å². The van der Waals surface area contributed by atoms with E-state index in [1.807, 2.05) is 0 Å². The third-order valence-corrected chi connectivity index (χ3v) is 2.49. The quantitative estimate of drug-likeness (QED) is 0.656. The molecule has 1 rings (SSSR count). The van der Waals surface area contributed by atoms with Crippen LogP contribution in [-0.2, 0) is 4.74 Å². The third kappa shape index (κ3) is 2.06. The number of ether oxygens (including phenoxy) is 1. The van der Waals surface area contributed by atoms with Crippen LogP contribution in [0.4, 0.5) is 8.78 Å². The molecule has 0 aromatic rings. The van der Waals surface area contributed by atoms with Crippen LogP contribution in [0, 0.1) is 5.92 Å². The molecule has 1 atom stereocenters. The average molecular weight is 182 g/mol. The Bertz CT molecular complexity index is 128. The van der Waals surface area contributed by atoms with Gasteiger partial charge in [0.1, 0.15) is 0 Å². The van der Waals surface area contributed by atoms with E-state index in [4.69, 9.17) is 4.74 Å². The van der Waals surface area contributed by atoms with Gasteiger partial charge in [0, 0.05) is 25.7 Å². The van der Waals surface area contributed by atoms with Crippen LogP contribution in [-0.4, -0.2) is 24.9 Å². The highest BCUT2D eigenvalue weighted by Crippen LogP contribution is 2.44. The van der Waals surface area contributed by atoms with Crippen LogP contribution in [0.15, 0.2) is 0 Å². The Balaban J connectivity index is 2.30. The Morgan fingerprint density at radius 2 is 2.18 bits per heavy atom. The fourth-order valence-corrected chi connectivity index (χ4v) is 1.83. The smallest absolute Gasteiger partial charge is 0.248 e. The summed E-state index contributed by atoms with van der Waals surface area (Å²) in [6, 6.07) is 0. The molecular weight excluding hydrogens is 170 g/mol. The minimum Gasteiger partial charge on any atom is -0.380 e. The summed E-state index contributed by atoms with van der Waals surface area (Å²) in [4.78, 5) is 0. The van der Waals surface area contributed by atoms with E-state index in [-0.39, 0.29) is 24.9 Å². The van der Waals surface area contributed by atoms with Crippen LogP contribution in [0.5, 0.6) is 0 Å². The lowest BCUT2D eigenvalue weighted by molar-refractivity contribution is -0.142. The Morgan fingerprint density at radius 1 is 1.64 bits per heavy atom. The second-order valence-electron chi connectivity index (χ2n) is 2.98. The molecule has 0 saturated heterocycles. The molecule has 1 aliphatic carbocycles. The predicted molar refractivity (Wildman–Crippen MR) is 42.3 cm³/mol. The van der Waals surface area contributed by atoms with Crippen LogP contribution < -0.4 is 0 Å². The Kier molecular flexibility index (Phi) is 2.75. The van der Waals surface area contributed by atoms with Crippen molar-refractivity contribution in [2.75, 3.05) is 12.9 Å². The van der Waals surface area contributed by atoms with Gasteiger partial charge in [-0.05, 0) is 5.92 Å². The maximum atomic E-state index is 12.3. The number of thiol groups is 1. The monoisotopic (exact) mass is 182 g/mol. The highest BCUT2D eigenvalue weighted by molar-refractivity contribution is 7.80.